The third kappa shape index (κ3) is 8.78. The molecule has 0 aliphatic rings. The summed E-state index contributed by atoms with van der Waals surface area (Å²) in [7, 11) is 0. The highest BCUT2D eigenvalue weighted by Crippen LogP contribution is 2.19. The Kier molecular flexibility index (Phi) is 10.9. The van der Waals surface area contributed by atoms with Crippen LogP contribution in [0.1, 0.15) is 50.5 Å². The second-order valence-corrected chi connectivity index (χ2v) is 9.94. The SMILES string of the molecule is C#C.CC(C)CNCc1ncc(-c2ccc(C#Cc3ccc(-c4cnc(CNCC(C)C)[nH]4)cc3)cc2)[nH]1. The summed E-state index contributed by atoms with van der Waals surface area (Å²) in [5.41, 5.74) is 6.20. The van der Waals surface area contributed by atoms with Crippen molar-refractivity contribution in [3.05, 3.63) is 83.7 Å². The fraction of sp³-hybridized carbons (Fsp3) is 0.312. The third-order valence-electron chi connectivity index (χ3n) is 5.69. The van der Waals surface area contributed by atoms with E-state index in [0.29, 0.717) is 11.8 Å². The topological polar surface area (TPSA) is 81.4 Å². The largest absolute Gasteiger partial charge is 0.341 e. The fourth-order valence-electron chi connectivity index (χ4n) is 3.77. The fourth-order valence-corrected chi connectivity index (χ4v) is 3.77. The summed E-state index contributed by atoms with van der Waals surface area (Å²) >= 11 is 0. The van der Waals surface area contributed by atoms with Gasteiger partial charge in [-0.05, 0) is 60.3 Å². The van der Waals surface area contributed by atoms with Gasteiger partial charge in [-0.25, -0.2) is 9.97 Å². The molecule has 2 aromatic heterocycles. The molecule has 4 aromatic rings. The maximum atomic E-state index is 4.48. The van der Waals surface area contributed by atoms with Crippen LogP contribution in [-0.4, -0.2) is 33.0 Å². The average molecular weight is 507 g/mol. The Morgan fingerprint density at radius 1 is 0.658 bits per heavy atom. The average Bonchev–Trinajstić information content (AvgIpc) is 3.59. The molecule has 2 aromatic carbocycles. The molecule has 0 bridgehead atoms. The smallest absolute Gasteiger partial charge is 0.120 e. The second-order valence-electron chi connectivity index (χ2n) is 9.94. The minimum atomic E-state index is 0.623. The number of aromatic amines is 2. The van der Waals surface area contributed by atoms with Gasteiger partial charge in [-0.1, -0.05) is 63.8 Å². The van der Waals surface area contributed by atoms with Crippen LogP contribution in [0.25, 0.3) is 22.5 Å². The monoisotopic (exact) mass is 506 g/mol. The molecule has 6 heteroatoms. The summed E-state index contributed by atoms with van der Waals surface area (Å²) < 4.78 is 0. The Morgan fingerprint density at radius 2 is 1.03 bits per heavy atom. The van der Waals surface area contributed by atoms with E-state index in [1.165, 1.54) is 0 Å². The molecule has 6 nitrogen and oxygen atoms in total. The lowest BCUT2D eigenvalue weighted by atomic mass is 10.1. The number of nitrogens with one attached hydrogen (secondary N) is 4. The van der Waals surface area contributed by atoms with E-state index in [4.69, 9.17) is 0 Å². The summed E-state index contributed by atoms with van der Waals surface area (Å²) in [5, 5.41) is 6.82. The number of H-pyrrole nitrogens is 2. The molecular formula is C32H38N6. The van der Waals surface area contributed by atoms with E-state index in [-0.39, 0.29) is 0 Å². The van der Waals surface area contributed by atoms with Gasteiger partial charge < -0.3 is 20.6 Å². The first kappa shape index (κ1) is 28.5. The number of nitrogens with zero attached hydrogens (tertiary/aromatic N) is 2. The molecule has 0 saturated carbocycles. The minimum absolute atomic E-state index is 0.623. The Morgan fingerprint density at radius 3 is 1.37 bits per heavy atom. The molecule has 38 heavy (non-hydrogen) atoms. The molecule has 4 rings (SSSR count). The van der Waals surface area contributed by atoms with Crippen molar-refractivity contribution in [2.24, 2.45) is 11.8 Å². The number of hydrogen-bond acceptors (Lipinski definition) is 4. The van der Waals surface area contributed by atoms with Crippen LogP contribution >= 0.6 is 0 Å². The molecule has 0 unspecified atom stereocenters. The van der Waals surface area contributed by atoms with Gasteiger partial charge >= 0.3 is 0 Å². The van der Waals surface area contributed by atoms with Crippen molar-refractivity contribution in [1.82, 2.24) is 30.6 Å². The van der Waals surface area contributed by atoms with Gasteiger partial charge in [-0.3, -0.25) is 0 Å². The molecule has 0 atom stereocenters. The van der Waals surface area contributed by atoms with Crippen LogP contribution in [0.4, 0.5) is 0 Å². The second kappa shape index (κ2) is 14.6. The predicted molar refractivity (Wildman–Crippen MR) is 157 cm³/mol. The van der Waals surface area contributed by atoms with Gasteiger partial charge in [0, 0.05) is 11.1 Å². The van der Waals surface area contributed by atoms with Crippen molar-refractivity contribution in [3.8, 4) is 47.2 Å². The van der Waals surface area contributed by atoms with Crippen molar-refractivity contribution in [2.75, 3.05) is 13.1 Å². The number of benzene rings is 2. The Labute approximate surface area is 227 Å². The Balaban J connectivity index is 0.00000195. The van der Waals surface area contributed by atoms with E-state index in [2.05, 4.69) is 107 Å². The van der Waals surface area contributed by atoms with Crippen LogP contribution in [0.5, 0.6) is 0 Å². The zero-order valence-corrected chi connectivity index (χ0v) is 22.8. The molecule has 0 spiro atoms. The molecule has 2 heterocycles. The van der Waals surface area contributed by atoms with Gasteiger partial charge in [0.2, 0.25) is 0 Å². The van der Waals surface area contributed by atoms with Crippen LogP contribution < -0.4 is 10.6 Å². The zero-order chi connectivity index (χ0) is 27.3. The van der Waals surface area contributed by atoms with E-state index < -0.39 is 0 Å². The molecule has 0 amide bonds. The number of hydrogen-bond donors (Lipinski definition) is 4. The lowest BCUT2D eigenvalue weighted by Gasteiger charge is -2.05. The van der Waals surface area contributed by atoms with Crippen molar-refractivity contribution >= 4 is 0 Å². The summed E-state index contributed by atoms with van der Waals surface area (Å²) in [5.74, 6) is 9.68. The first-order valence-electron chi connectivity index (χ1n) is 13.0. The van der Waals surface area contributed by atoms with Crippen LogP contribution in [0.2, 0.25) is 0 Å². The first-order chi connectivity index (χ1) is 18.5. The molecule has 0 radical (unpaired) electrons. The van der Waals surface area contributed by atoms with Crippen LogP contribution in [0, 0.1) is 36.5 Å². The summed E-state index contributed by atoms with van der Waals surface area (Å²) in [6.45, 7) is 12.2. The van der Waals surface area contributed by atoms with Gasteiger partial charge in [0.15, 0.2) is 0 Å². The number of aromatic nitrogens is 4. The summed E-state index contributed by atoms with van der Waals surface area (Å²) in [6.07, 6.45) is 11.8. The number of rotatable bonds is 10. The van der Waals surface area contributed by atoms with E-state index in [1.54, 1.807) is 0 Å². The maximum Gasteiger partial charge on any atom is 0.120 e. The molecule has 0 aliphatic carbocycles. The van der Waals surface area contributed by atoms with E-state index in [1.807, 2.05) is 36.7 Å². The van der Waals surface area contributed by atoms with Gasteiger partial charge in [-0.15, -0.1) is 12.8 Å². The highest BCUT2D eigenvalue weighted by molar-refractivity contribution is 5.62. The molecule has 196 valence electrons. The third-order valence-corrected chi connectivity index (χ3v) is 5.69. The van der Waals surface area contributed by atoms with Crippen LogP contribution in [0.3, 0.4) is 0 Å². The molecule has 0 aliphatic heterocycles. The van der Waals surface area contributed by atoms with Crippen molar-refractivity contribution in [2.45, 2.75) is 40.8 Å². The maximum absolute atomic E-state index is 4.48. The standard InChI is InChI=1S/C30H36N6.C2H2/c1-21(2)15-31-19-29-33-17-27(35-29)25-11-7-23(8-12-25)5-6-24-9-13-26(14-10-24)28-18-34-30(36-28)20-32-16-22(3)4;1-2/h7-14,17-18,21-22,31-32H,15-16,19-20H2,1-4H3,(H,33,35)(H,34,36);1-2H. The van der Waals surface area contributed by atoms with Gasteiger partial charge in [0.25, 0.3) is 0 Å². The van der Waals surface area contributed by atoms with Crippen LogP contribution in [-0.2, 0) is 13.1 Å². The highest BCUT2D eigenvalue weighted by Gasteiger charge is 2.05. The van der Waals surface area contributed by atoms with E-state index in [0.717, 1.165) is 71.5 Å². The van der Waals surface area contributed by atoms with E-state index in [9.17, 15) is 0 Å². The zero-order valence-electron chi connectivity index (χ0n) is 22.8. The molecule has 0 fully saturated rings. The van der Waals surface area contributed by atoms with E-state index >= 15 is 0 Å². The number of terminal acetylenes is 1. The van der Waals surface area contributed by atoms with Gasteiger partial charge in [-0.2, -0.15) is 0 Å². The number of imidazole rings is 2. The normalized spacial score (nSPS) is 10.6. The summed E-state index contributed by atoms with van der Waals surface area (Å²) in [4.78, 5) is 15.8. The minimum Gasteiger partial charge on any atom is -0.341 e. The van der Waals surface area contributed by atoms with Crippen molar-refractivity contribution in [1.29, 1.82) is 0 Å². The van der Waals surface area contributed by atoms with Crippen LogP contribution in [0.15, 0.2) is 60.9 Å². The quantitative estimate of drug-likeness (QED) is 0.211. The van der Waals surface area contributed by atoms with Crippen molar-refractivity contribution < 1.29 is 0 Å². The molecule has 4 N–H and O–H groups in total. The Bertz CT molecular complexity index is 1230. The van der Waals surface area contributed by atoms with Crippen molar-refractivity contribution in [3.63, 3.8) is 0 Å². The lowest BCUT2D eigenvalue weighted by molar-refractivity contribution is 0.544. The van der Waals surface area contributed by atoms with Gasteiger partial charge in [0.05, 0.1) is 36.9 Å². The van der Waals surface area contributed by atoms with Gasteiger partial charge in [0.1, 0.15) is 11.6 Å². The predicted octanol–water partition coefficient (Wildman–Crippen LogP) is 5.61. The summed E-state index contributed by atoms with van der Waals surface area (Å²) in [6, 6.07) is 16.5. The Hall–Kier alpha value is -4.10. The highest BCUT2D eigenvalue weighted by atomic mass is 15.0. The first-order valence-corrected chi connectivity index (χ1v) is 13.0. The molecular weight excluding hydrogens is 468 g/mol. The lowest BCUT2D eigenvalue weighted by Crippen LogP contribution is -2.19. The molecule has 0 saturated heterocycles.